The molecule has 2 aliphatic heterocycles. The van der Waals surface area contributed by atoms with Crippen molar-refractivity contribution in [3.8, 4) is 0 Å². The predicted octanol–water partition coefficient (Wildman–Crippen LogP) is 5.28. The summed E-state index contributed by atoms with van der Waals surface area (Å²) in [5.74, 6) is 1.10. The fourth-order valence-corrected chi connectivity index (χ4v) is 3.50. The van der Waals surface area contributed by atoms with Gasteiger partial charge in [0.25, 0.3) is 11.8 Å². The van der Waals surface area contributed by atoms with Crippen LogP contribution in [0.2, 0.25) is 0 Å². The fraction of sp³-hybridized carbons (Fsp3) is 0.480. The van der Waals surface area contributed by atoms with Crippen LogP contribution in [0.15, 0.2) is 59.1 Å². The molecule has 6 heteroatoms. The van der Waals surface area contributed by atoms with E-state index in [1.54, 1.807) is 12.2 Å². The van der Waals surface area contributed by atoms with Gasteiger partial charge in [0.05, 0.1) is 0 Å². The summed E-state index contributed by atoms with van der Waals surface area (Å²) in [5, 5.41) is 0.269. The van der Waals surface area contributed by atoms with E-state index in [4.69, 9.17) is 17.0 Å². The monoisotopic (exact) mass is 442 g/mol. The van der Waals surface area contributed by atoms with Gasteiger partial charge in [0.1, 0.15) is 17.1 Å². The molecule has 1 fully saturated rings. The topological polar surface area (TPSA) is 49.9 Å². The standard InChI is InChI=1S/C25H34N2O3S/c1-9-26-21(28)18(22(29)27(10-2)23(26)31)14-12-11-13-17-15-19(24(3,4)5)30-20(16-17)25(6,7)8/h11-16H,9-10H2,1-8H3/b12-11+. The maximum atomic E-state index is 12.7. The molecule has 0 radical (unpaired) electrons. The first-order chi connectivity index (χ1) is 14.3. The number of hydrogen-bond donors (Lipinski definition) is 0. The third-order valence-electron chi connectivity index (χ3n) is 5.00. The van der Waals surface area contributed by atoms with Crippen LogP contribution in [0.25, 0.3) is 0 Å². The lowest BCUT2D eigenvalue weighted by molar-refractivity contribution is -0.133. The zero-order valence-electron chi connectivity index (χ0n) is 19.9. The van der Waals surface area contributed by atoms with Crippen molar-refractivity contribution >= 4 is 29.1 Å². The van der Waals surface area contributed by atoms with E-state index in [2.05, 4.69) is 41.5 Å². The van der Waals surface area contributed by atoms with Crippen molar-refractivity contribution < 1.29 is 14.3 Å². The summed E-state index contributed by atoms with van der Waals surface area (Å²) in [6, 6.07) is 0. The minimum atomic E-state index is -0.351. The molecule has 168 valence electrons. The van der Waals surface area contributed by atoms with E-state index in [1.165, 1.54) is 9.80 Å². The largest absolute Gasteiger partial charge is 0.465 e. The second kappa shape index (κ2) is 9.35. The molecule has 0 N–H and O–H groups in total. The number of amides is 2. The van der Waals surface area contributed by atoms with Crippen LogP contribution in [0.1, 0.15) is 55.4 Å². The molecule has 5 nitrogen and oxygen atoms in total. The summed E-state index contributed by atoms with van der Waals surface area (Å²) >= 11 is 5.29. The van der Waals surface area contributed by atoms with Gasteiger partial charge in [-0.3, -0.25) is 19.4 Å². The number of likely N-dealkylation sites (N-methyl/N-ethyl adjacent to an activating group) is 2. The van der Waals surface area contributed by atoms with E-state index in [0.717, 1.165) is 17.1 Å². The molecule has 0 unspecified atom stereocenters. The van der Waals surface area contributed by atoms with Crippen molar-refractivity contribution in [2.75, 3.05) is 13.1 Å². The number of nitrogens with zero attached hydrogens (tertiary/aromatic N) is 2. The number of carbonyl (C=O) groups is 2. The first-order valence-electron chi connectivity index (χ1n) is 10.7. The Labute approximate surface area is 191 Å². The van der Waals surface area contributed by atoms with Crippen molar-refractivity contribution in [3.05, 3.63) is 59.1 Å². The predicted molar refractivity (Wildman–Crippen MR) is 129 cm³/mol. The zero-order chi connectivity index (χ0) is 23.6. The number of rotatable bonds is 4. The minimum absolute atomic E-state index is 0.121. The molecule has 1 saturated heterocycles. The smallest absolute Gasteiger partial charge is 0.265 e. The Hall–Kier alpha value is -2.47. The van der Waals surface area contributed by atoms with E-state index < -0.39 is 0 Å². The number of ether oxygens (including phenoxy) is 1. The summed E-state index contributed by atoms with van der Waals surface area (Å²) in [4.78, 5) is 28.3. The van der Waals surface area contributed by atoms with Crippen LogP contribution in [0.4, 0.5) is 0 Å². The molecule has 0 aromatic rings. The summed E-state index contributed by atoms with van der Waals surface area (Å²) in [6.07, 6.45) is 11.1. The molecule has 2 heterocycles. The van der Waals surface area contributed by atoms with E-state index in [1.807, 2.05) is 38.2 Å². The minimum Gasteiger partial charge on any atom is -0.465 e. The molecule has 0 saturated carbocycles. The molecule has 0 atom stereocenters. The van der Waals surface area contributed by atoms with Crippen LogP contribution in [-0.4, -0.2) is 39.8 Å². The molecule has 2 aliphatic rings. The molecule has 0 aliphatic carbocycles. The average Bonchev–Trinajstić information content (AvgIpc) is 2.66. The zero-order valence-corrected chi connectivity index (χ0v) is 20.7. The maximum Gasteiger partial charge on any atom is 0.265 e. The summed E-state index contributed by atoms with van der Waals surface area (Å²) < 4.78 is 6.17. The number of allylic oxidation sites excluding steroid dienone is 9. The third kappa shape index (κ3) is 5.62. The van der Waals surface area contributed by atoms with E-state index >= 15 is 0 Å². The van der Waals surface area contributed by atoms with Gasteiger partial charge in [-0.05, 0) is 49.9 Å². The van der Waals surface area contributed by atoms with Crippen LogP contribution in [-0.2, 0) is 14.3 Å². The van der Waals surface area contributed by atoms with Crippen LogP contribution in [0.3, 0.4) is 0 Å². The van der Waals surface area contributed by atoms with E-state index in [0.29, 0.717) is 13.1 Å². The number of hydrogen-bond acceptors (Lipinski definition) is 4. The lowest BCUT2D eigenvalue weighted by atomic mass is 9.87. The van der Waals surface area contributed by atoms with Gasteiger partial charge in [-0.2, -0.15) is 0 Å². The Morgan fingerprint density at radius 3 is 1.65 bits per heavy atom. The van der Waals surface area contributed by atoms with Crippen molar-refractivity contribution in [3.63, 3.8) is 0 Å². The SMILES string of the molecule is CCN1C(=O)C(=C/C=C/C=C2C=C(C(C)(C)C)OC(C(C)(C)C)=C2)C(=O)N(CC)C1=S. The molecule has 2 amide bonds. The van der Waals surface area contributed by atoms with Crippen LogP contribution >= 0.6 is 12.2 Å². The van der Waals surface area contributed by atoms with Crippen LogP contribution < -0.4 is 0 Å². The van der Waals surface area contributed by atoms with Gasteiger partial charge in [0, 0.05) is 23.9 Å². The average molecular weight is 443 g/mol. The Morgan fingerprint density at radius 1 is 0.839 bits per heavy atom. The summed E-state index contributed by atoms with van der Waals surface area (Å²) in [6.45, 7) is 17.2. The second-order valence-electron chi connectivity index (χ2n) is 9.63. The normalized spacial score (nSPS) is 18.4. The van der Waals surface area contributed by atoms with Crippen molar-refractivity contribution in [1.82, 2.24) is 9.80 Å². The summed E-state index contributed by atoms with van der Waals surface area (Å²) in [5.41, 5.74) is 0.879. The molecular weight excluding hydrogens is 408 g/mol. The van der Waals surface area contributed by atoms with Gasteiger partial charge in [-0.1, -0.05) is 59.8 Å². The first kappa shape index (κ1) is 24.8. The van der Waals surface area contributed by atoms with Crippen molar-refractivity contribution in [2.24, 2.45) is 10.8 Å². The molecule has 0 bridgehead atoms. The van der Waals surface area contributed by atoms with E-state index in [-0.39, 0.29) is 33.3 Å². The van der Waals surface area contributed by atoms with Gasteiger partial charge < -0.3 is 4.74 Å². The van der Waals surface area contributed by atoms with Gasteiger partial charge in [0.2, 0.25) is 0 Å². The molecule has 0 aromatic heterocycles. The second-order valence-corrected chi connectivity index (χ2v) is 10.00. The van der Waals surface area contributed by atoms with Crippen LogP contribution in [0, 0.1) is 10.8 Å². The van der Waals surface area contributed by atoms with Gasteiger partial charge in [0.15, 0.2) is 5.11 Å². The van der Waals surface area contributed by atoms with Crippen molar-refractivity contribution in [1.29, 1.82) is 0 Å². The highest BCUT2D eigenvalue weighted by atomic mass is 32.1. The quantitative estimate of drug-likeness (QED) is 0.338. The first-order valence-corrected chi connectivity index (χ1v) is 11.1. The summed E-state index contributed by atoms with van der Waals surface area (Å²) in [7, 11) is 0. The highest BCUT2D eigenvalue weighted by Gasteiger charge is 2.37. The Bertz CT molecular complexity index is 861. The number of thiocarbonyl (C=S) groups is 1. The van der Waals surface area contributed by atoms with Gasteiger partial charge in [-0.15, -0.1) is 0 Å². The molecule has 0 spiro atoms. The van der Waals surface area contributed by atoms with E-state index in [9.17, 15) is 9.59 Å². The molecule has 31 heavy (non-hydrogen) atoms. The Balaban J connectivity index is 2.36. The highest BCUT2D eigenvalue weighted by Crippen LogP contribution is 2.38. The molecule has 0 aromatic carbocycles. The fourth-order valence-electron chi connectivity index (χ4n) is 3.08. The van der Waals surface area contributed by atoms with Gasteiger partial charge >= 0.3 is 0 Å². The lowest BCUT2D eigenvalue weighted by Crippen LogP contribution is -2.55. The molecular formula is C25H34N2O3S. The Kier molecular flexibility index (Phi) is 7.48. The highest BCUT2D eigenvalue weighted by molar-refractivity contribution is 7.80. The van der Waals surface area contributed by atoms with Crippen molar-refractivity contribution in [2.45, 2.75) is 55.4 Å². The number of carbonyl (C=O) groups excluding carboxylic acids is 2. The van der Waals surface area contributed by atoms with Gasteiger partial charge in [-0.25, -0.2) is 0 Å². The third-order valence-corrected chi connectivity index (χ3v) is 5.44. The van der Waals surface area contributed by atoms with Crippen LogP contribution in [0.5, 0.6) is 0 Å². The molecule has 2 rings (SSSR count). The lowest BCUT2D eigenvalue weighted by Gasteiger charge is -2.35. The Morgan fingerprint density at radius 2 is 1.26 bits per heavy atom. The maximum absolute atomic E-state index is 12.7.